The van der Waals surface area contributed by atoms with Gasteiger partial charge >= 0.3 is 5.97 Å². The lowest BCUT2D eigenvalue weighted by atomic mass is 10.1. The van der Waals surface area contributed by atoms with E-state index in [0.717, 1.165) is 5.69 Å². The van der Waals surface area contributed by atoms with Crippen LogP contribution in [0, 0.1) is 6.92 Å². The molecule has 9 nitrogen and oxygen atoms in total. The maximum atomic E-state index is 13.1. The summed E-state index contributed by atoms with van der Waals surface area (Å²) in [6, 6.07) is 8.15. The first kappa shape index (κ1) is 24.9. The SMILES string of the molecule is CCc1cc2c(=O)c(-c3nc(C)cs3)coc2cc1OCC(=O)NC(Cc1ccc(O)cc1)C(=O)O. The molecule has 2 aromatic heterocycles. The Morgan fingerprint density at radius 3 is 2.61 bits per heavy atom. The number of hydrogen-bond acceptors (Lipinski definition) is 8. The maximum Gasteiger partial charge on any atom is 0.326 e. The largest absolute Gasteiger partial charge is 0.508 e. The van der Waals surface area contributed by atoms with Gasteiger partial charge in [-0.15, -0.1) is 11.3 Å². The Morgan fingerprint density at radius 1 is 1.22 bits per heavy atom. The third-order valence-electron chi connectivity index (χ3n) is 5.55. The summed E-state index contributed by atoms with van der Waals surface area (Å²) in [4.78, 5) is 41.5. The van der Waals surface area contributed by atoms with Gasteiger partial charge in [-0.25, -0.2) is 9.78 Å². The number of amides is 1. The Kier molecular flexibility index (Phi) is 7.35. The first-order valence-electron chi connectivity index (χ1n) is 11.2. The van der Waals surface area contributed by atoms with Gasteiger partial charge in [0.2, 0.25) is 5.43 Å². The highest BCUT2D eigenvalue weighted by molar-refractivity contribution is 7.13. The molecular weight excluding hydrogens is 484 g/mol. The fourth-order valence-electron chi connectivity index (χ4n) is 3.68. The highest BCUT2D eigenvalue weighted by atomic mass is 32.1. The zero-order valence-electron chi connectivity index (χ0n) is 19.6. The summed E-state index contributed by atoms with van der Waals surface area (Å²) < 4.78 is 11.4. The van der Waals surface area contributed by atoms with Crippen molar-refractivity contribution in [1.82, 2.24) is 10.3 Å². The molecule has 0 bridgehead atoms. The number of phenolic OH excluding ortho intramolecular Hbond substituents is 1. The summed E-state index contributed by atoms with van der Waals surface area (Å²) in [6.45, 7) is 3.32. The molecule has 0 spiro atoms. The molecule has 2 heterocycles. The summed E-state index contributed by atoms with van der Waals surface area (Å²) in [5.41, 5.74) is 2.65. The number of aromatic hydroxyl groups is 1. The number of ether oxygens (including phenoxy) is 1. The van der Waals surface area contributed by atoms with E-state index in [0.29, 0.717) is 44.8 Å². The highest BCUT2D eigenvalue weighted by Gasteiger charge is 2.21. The van der Waals surface area contributed by atoms with E-state index in [1.807, 2.05) is 19.2 Å². The molecule has 1 unspecified atom stereocenters. The molecular formula is C26H24N2O7S. The van der Waals surface area contributed by atoms with Crippen LogP contribution in [-0.2, 0) is 22.4 Å². The molecule has 4 rings (SSSR count). The summed E-state index contributed by atoms with van der Waals surface area (Å²) in [5, 5.41) is 24.2. The number of nitrogens with zero attached hydrogens (tertiary/aromatic N) is 1. The molecule has 4 aromatic rings. The number of rotatable bonds is 9. The molecule has 10 heteroatoms. The van der Waals surface area contributed by atoms with Crippen molar-refractivity contribution in [2.75, 3.05) is 6.61 Å². The molecule has 186 valence electrons. The van der Waals surface area contributed by atoms with Crippen LogP contribution in [0.3, 0.4) is 0 Å². The van der Waals surface area contributed by atoms with Crippen LogP contribution in [0.2, 0.25) is 0 Å². The molecule has 0 radical (unpaired) electrons. The number of benzene rings is 2. The minimum atomic E-state index is -1.19. The number of fused-ring (bicyclic) bond motifs is 1. The van der Waals surface area contributed by atoms with E-state index >= 15 is 0 Å². The van der Waals surface area contributed by atoms with E-state index in [9.17, 15) is 24.6 Å². The second-order valence-corrected chi connectivity index (χ2v) is 9.06. The summed E-state index contributed by atoms with van der Waals surface area (Å²) in [6.07, 6.45) is 1.95. The number of carbonyl (C=O) groups excluding carboxylic acids is 1. The number of nitrogens with one attached hydrogen (secondary N) is 1. The van der Waals surface area contributed by atoms with Gasteiger partial charge in [0.25, 0.3) is 5.91 Å². The first-order valence-corrected chi connectivity index (χ1v) is 12.1. The second kappa shape index (κ2) is 10.6. The number of carboxylic acids is 1. The molecule has 1 amide bonds. The standard InChI is InChI=1S/C26H24N2O7S/c1-3-16-9-18-22(34-11-19(24(18)31)25-27-14(2)13-36-25)10-21(16)35-12-23(30)28-20(26(32)33)8-15-4-6-17(29)7-5-15/h4-7,9-11,13,20,29H,3,8,12H2,1-2H3,(H,28,30)(H,32,33). The first-order chi connectivity index (χ1) is 17.2. The summed E-state index contributed by atoms with van der Waals surface area (Å²) >= 11 is 1.36. The molecule has 0 aliphatic rings. The Balaban J connectivity index is 1.49. The van der Waals surface area contributed by atoms with Crippen molar-refractivity contribution < 1.29 is 29.0 Å². The fourth-order valence-corrected chi connectivity index (χ4v) is 4.48. The number of aliphatic carboxylic acids is 1. The Bertz CT molecular complexity index is 1470. The highest BCUT2D eigenvalue weighted by Crippen LogP contribution is 2.28. The minimum absolute atomic E-state index is 0.0453. The quantitative estimate of drug-likeness (QED) is 0.311. The Morgan fingerprint density at radius 2 is 1.97 bits per heavy atom. The van der Waals surface area contributed by atoms with Gasteiger partial charge in [-0.05, 0) is 42.7 Å². The van der Waals surface area contributed by atoms with Crippen molar-refractivity contribution in [3.05, 3.63) is 75.1 Å². The van der Waals surface area contributed by atoms with E-state index in [2.05, 4.69) is 10.3 Å². The summed E-state index contributed by atoms with van der Waals surface area (Å²) in [7, 11) is 0. The number of carbonyl (C=O) groups is 2. The van der Waals surface area contributed by atoms with Crippen molar-refractivity contribution in [2.24, 2.45) is 0 Å². The van der Waals surface area contributed by atoms with Crippen LogP contribution in [0.5, 0.6) is 11.5 Å². The predicted molar refractivity (Wildman–Crippen MR) is 135 cm³/mol. The molecule has 36 heavy (non-hydrogen) atoms. The number of thiazole rings is 1. The van der Waals surface area contributed by atoms with Crippen molar-refractivity contribution in [3.8, 4) is 22.1 Å². The third-order valence-corrected chi connectivity index (χ3v) is 6.55. The number of hydrogen-bond donors (Lipinski definition) is 3. The molecule has 0 saturated heterocycles. The summed E-state index contributed by atoms with van der Waals surface area (Å²) in [5.74, 6) is -1.37. The number of phenols is 1. The van der Waals surface area contributed by atoms with E-state index in [-0.39, 0.29) is 17.6 Å². The molecule has 3 N–H and O–H groups in total. The molecule has 0 aliphatic carbocycles. The third kappa shape index (κ3) is 5.55. The molecule has 0 aliphatic heterocycles. The lowest BCUT2D eigenvalue weighted by Gasteiger charge is -2.16. The van der Waals surface area contributed by atoms with Crippen molar-refractivity contribution in [2.45, 2.75) is 32.7 Å². The van der Waals surface area contributed by atoms with E-state index in [1.54, 1.807) is 24.3 Å². The van der Waals surface area contributed by atoms with Crippen LogP contribution in [-0.4, -0.2) is 39.7 Å². The van der Waals surface area contributed by atoms with E-state index < -0.39 is 24.5 Å². The van der Waals surface area contributed by atoms with Gasteiger partial charge in [-0.2, -0.15) is 0 Å². The van der Waals surface area contributed by atoms with Crippen molar-refractivity contribution in [1.29, 1.82) is 0 Å². The molecule has 1 atom stereocenters. The second-order valence-electron chi connectivity index (χ2n) is 8.20. The van der Waals surface area contributed by atoms with Crippen LogP contribution in [0.15, 0.2) is 57.3 Å². The monoisotopic (exact) mass is 508 g/mol. The lowest BCUT2D eigenvalue weighted by molar-refractivity contribution is -0.142. The van der Waals surface area contributed by atoms with Gasteiger partial charge in [0.05, 0.1) is 10.9 Å². The zero-order valence-corrected chi connectivity index (χ0v) is 20.4. The van der Waals surface area contributed by atoms with Crippen LogP contribution in [0.1, 0.15) is 23.7 Å². The van der Waals surface area contributed by atoms with Crippen molar-refractivity contribution in [3.63, 3.8) is 0 Å². The smallest absolute Gasteiger partial charge is 0.326 e. The van der Waals surface area contributed by atoms with Gasteiger partial charge < -0.3 is 24.7 Å². The van der Waals surface area contributed by atoms with Crippen molar-refractivity contribution >= 4 is 34.2 Å². The molecule has 0 fully saturated rings. The Labute approximate surface area is 210 Å². The fraction of sp³-hybridized carbons (Fsp3) is 0.231. The minimum Gasteiger partial charge on any atom is -0.508 e. The zero-order chi connectivity index (χ0) is 25.8. The average molecular weight is 509 g/mol. The van der Waals surface area contributed by atoms with Crippen LogP contribution in [0.25, 0.3) is 21.5 Å². The van der Waals surface area contributed by atoms with E-state index in [1.165, 1.54) is 29.7 Å². The van der Waals surface area contributed by atoms with E-state index in [4.69, 9.17) is 9.15 Å². The predicted octanol–water partition coefficient (Wildman–Crippen LogP) is 3.68. The number of aryl methyl sites for hydroxylation is 2. The van der Waals surface area contributed by atoms with Crippen LogP contribution < -0.4 is 15.5 Å². The average Bonchev–Trinajstić information content (AvgIpc) is 3.29. The van der Waals surface area contributed by atoms with Gasteiger partial charge in [-0.1, -0.05) is 19.1 Å². The molecule has 2 aromatic carbocycles. The molecule has 0 saturated carbocycles. The number of aromatic nitrogens is 1. The van der Waals surface area contributed by atoms with Crippen LogP contribution >= 0.6 is 11.3 Å². The van der Waals surface area contributed by atoms with Gasteiger partial charge in [0.15, 0.2) is 6.61 Å². The van der Waals surface area contributed by atoms with Gasteiger partial charge in [0.1, 0.15) is 34.4 Å². The van der Waals surface area contributed by atoms with Crippen LogP contribution in [0.4, 0.5) is 0 Å². The maximum absolute atomic E-state index is 13.1. The lowest BCUT2D eigenvalue weighted by Crippen LogP contribution is -2.44. The normalized spacial score (nSPS) is 11.8. The van der Waals surface area contributed by atoms with Gasteiger partial charge in [-0.3, -0.25) is 9.59 Å². The van der Waals surface area contributed by atoms with Gasteiger partial charge in [0, 0.05) is 23.6 Å². The topological polar surface area (TPSA) is 139 Å². The Hall–Kier alpha value is -4.18. The number of carboxylic acid groups (broad SMARTS) is 1.